The second-order valence-corrected chi connectivity index (χ2v) is 3.37. The van der Waals surface area contributed by atoms with Gasteiger partial charge in [-0.2, -0.15) is 0 Å². The number of aromatic nitrogens is 1. The zero-order valence-electron chi connectivity index (χ0n) is 9.13. The number of nitro groups is 1. The van der Waals surface area contributed by atoms with Crippen molar-refractivity contribution in [3.63, 3.8) is 0 Å². The summed E-state index contributed by atoms with van der Waals surface area (Å²) in [4.78, 5) is 22.6. The Balaban J connectivity index is 3.31. The molecule has 1 aromatic heterocycles. The highest BCUT2D eigenvalue weighted by molar-refractivity contribution is 6.07. The summed E-state index contributed by atoms with van der Waals surface area (Å²) in [6.07, 6.45) is 1.92. The van der Waals surface area contributed by atoms with Gasteiger partial charge in [0, 0.05) is 20.3 Å². The summed E-state index contributed by atoms with van der Waals surface area (Å²) in [5.41, 5.74) is -0.0518. The molecule has 0 unspecified atom stereocenters. The van der Waals surface area contributed by atoms with Gasteiger partial charge in [0.1, 0.15) is 0 Å². The Morgan fingerprint density at radius 1 is 1.56 bits per heavy atom. The summed E-state index contributed by atoms with van der Waals surface area (Å²) in [7, 11) is 3.39. The van der Waals surface area contributed by atoms with Crippen LogP contribution in [0.2, 0.25) is 0 Å². The lowest BCUT2D eigenvalue weighted by atomic mass is 10.2. The Morgan fingerprint density at radius 3 is 2.62 bits per heavy atom. The molecule has 1 aromatic rings. The second-order valence-electron chi connectivity index (χ2n) is 3.37. The smallest absolute Gasteiger partial charge is 0.339 e. The van der Waals surface area contributed by atoms with Gasteiger partial charge in [0.25, 0.3) is 0 Å². The molecule has 0 saturated heterocycles. The third-order valence-electron chi connectivity index (χ3n) is 1.80. The summed E-state index contributed by atoms with van der Waals surface area (Å²) in [6.45, 7) is 1.45. The maximum absolute atomic E-state index is 10.8. The van der Waals surface area contributed by atoms with E-state index in [1.807, 2.05) is 0 Å². The number of carbonyl (C=O) groups excluding carboxylic acids is 1. The van der Waals surface area contributed by atoms with Crippen molar-refractivity contribution in [2.45, 2.75) is 6.92 Å². The van der Waals surface area contributed by atoms with E-state index in [0.29, 0.717) is 6.29 Å². The van der Waals surface area contributed by atoms with Gasteiger partial charge in [0.05, 0.1) is 10.5 Å². The third kappa shape index (κ3) is 2.25. The molecule has 0 aliphatic carbocycles. The van der Waals surface area contributed by atoms with Crippen molar-refractivity contribution < 1.29 is 14.2 Å². The van der Waals surface area contributed by atoms with Crippen LogP contribution < -0.4 is 0 Å². The first-order valence-electron chi connectivity index (χ1n) is 4.41. The maximum atomic E-state index is 10.8. The van der Waals surface area contributed by atoms with Crippen molar-refractivity contribution in [1.82, 2.24) is 10.1 Å². The van der Waals surface area contributed by atoms with E-state index < -0.39 is 4.92 Å². The minimum atomic E-state index is -0.617. The fourth-order valence-electron chi connectivity index (χ4n) is 1.19. The van der Waals surface area contributed by atoms with Crippen LogP contribution in [0.3, 0.4) is 0 Å². The van der Waals surface area contributed by atoms with E-state index in [1.165, 1.54) is 13.1 Å². The van der Waals surface area contributed by atoms with Crippen LogP contribution in [-0.4, -0.2) is 35.4 Å². The summed E-state index contributed by atoms with van der Waals surface area (Å²) in [6, 6.07) is 0. The molecular weight excluding hydrogens is 214 g/mol. The summed E-state index contributed by atoms with van der Waals surface area (Å²) in [5.74, 6) is -0.119. The number of aldehydes is 1. The molecule has 0 saturated carbocycles. The van der Waals surface area contributed by atoms with Crippen LogP contribution in [0.4, 0.5) is 5.69 Å². The zero-order chi connectivity index (χ0) is 12.3. The van der Waals surface area contributed by atoms with Gasteiger partial charge in [-0.25, -0.2) is 0 Å². The highest BCUT2D eigenvalue weighted by Crippen LogP contribution is 2.28. The number of aryl methyl sites for hydroxylation is 1. The Morgan fingerprint density at radius 2 is 2.19 bits per heavy atom. The van der Waals surface area contributed by atoms with Crippen LogP contribution in [0.5, 0.6) is 0 Å². The first-order chi connectivity index (χ1) is 7.47. The Kier molecular flexibility index (Phi) is 3.39. The summed E-state index contributed by atoms with van der Waals surface area (Å²) in [5, 5.41) is 14.2. The van der Waals surface area contributed by atoms with Gasteiger partial charge in [-0.1, -0.05) is 5.16 Å². The number of nitrogens with zero attached hydrogens (tertiary/aromatic N) is 3. The Hall–Kier alpha value is -2.18. The average Bonchev–Trinajstić information content (AvgIpc) is 2.56. The van der Waals surface area contributed by atoms with E-state index in [4.69, 9.17) is 4.52 Å². The molecule has 0 atom stereocenters. The van der Waals surface area contributed by atoms with Crippen LogP contribution >= 0.6 is 0 Å². The van der Waals surface area contributed by atoms with Crippen molar-refractivity contribution in [2.24, 2.45) is 0 Å². The summed E-state index contributed by atoms with van der Waals surface area (Å²) < 4.78 is 4.79. The molecule has 0 radical (unpaired) electrons. The molecule has 0 aromatic carbocycles. The molecule has 0 fully saturated rings. The molecule has 0 N–H and O–H groups in total. The lowest BCUT2D eigenvalue weighted by molar-refractivity contribution is -0.386. The predicted octanol–water partition coefficient (Wildman–Crippen LogP) is 0.993. The SMILES string of the molecule is Cc1noc(/C(C=O)=C\N(C)C)c1[N+](=O)[O-]. The number of hydrogen-bond acceptors (Lipinski definition) is 6. The molecule has 0 spiro atoms. The standard InChI is InChI=1S/C9H11N3O4/c1-6-8(12(14)15)9(16-10-6)7(5-13)4-11(2)3/h4-5H,1-3H3/b7-4-. The fraction of sp³-hybridized carbons (Fsp3) is 0.333. The molecule has 0 aliphatic heterocycles. The summed E-state index contributed by atoms with van der Waals surface area (Å²) >= 11 is 0. The molecule has 1 rings (SSSR count). The van der Waals surface area contributed by atoms with Crippen molar-refractivity contribution in [2.75, 3.05) is 14.1 Å². The first-order valence-corrected chi connectivity index (χ1v) is 4.41. The van der Waals surface area contributed by atoms with Crippen molar-refractivity contribution >= 4 is 17.5 Å². The van der Waals surface area contributed by atoms with Crippen LogP contribution in [-0.2, 0) is 4.79 Å². The number of rotatable bonds is 4. The average molecular weight is 225 g/mol. The normalized spacial score (nSPS) is 11.3. The molecule has 7 nitrogen and oxygen atoms in total. The van der Waals surface area contributed by atoms with Crippen molar-refractivity contribution in [3.05, 3.63) is 27.8 Å². The van der Waals surface area contributed by atoms with Crippen LogP contribution in [0.15, 0.2) is 10.7 Å². The monoisotopic (exact) mass is 225 g/mol. The van der Waals surface area contributed by atoms with Crippen molar-refractivity contribution in [3.8, 4) is 0 Å². The lowest BCUT2D eigenvalue weighted by Crippen LogP contribution is -2.04. The fourth-order valence-corrected chi connectivity index (χ4v) is 1.19. The van der Waals surface area contributed by atoms with Gasteiger partial charge in [-0.3, -0.25) is 14.9 Å². The number of allylic oxidation sites excluding steroid dienone is 1. The minimum absolute atomic E-state index is 0.0808. The first kappa shape index (κ1) is 11.9. The quantitative estimate of drug-likeness (QED) is 0.328. The van der Waals surface area contributed by atoms with Crippen LogP contribution in [0, 0.1) is 17.0 Å². The van der Waals surface area contributed by atoms with E-state index in [-0.39, 0.29) is 22.7 Å². The molecule has 7 heteroatoms. The molecule has 0 amide bonds. The Bertz CT molecular complexity index is 448. The van der Waals surface area contributed by atoms with E-state index in [9.17, 15) is 14.9 Å². The van der Waals surface area contributed by atoms with Crippen LogP contribution in [0.25, 0.3) is 5.57 Å². The second kappa shape index (κ2) is 4.56. The highest BCUT2D eigenvalue weighted by atomic mass is 16.6. The molecular formula is C9H11N3O4. The van der Waals surface area contributed by atoms with Crippen molar-refractivity contribution in [1.29, 1.82) is 0 Å². The van der Waals surface area contributed by atoms with Gasteiger partial charge in [0.2, 0.25) is 5.76 Å². The molecule has 86 valence electrons. The van der Waals surface area contributed by atoms with Gasteiger partial charge < -0.3 is 9.42 Å². The molecule has 0 aliphatic rings. The van der Waals surface area contributed by atoms with E-state index in [1.54, 1.807) is 19.0 Å². The lowest BCUT2D eigenvalue weighted by Gasteiger charge is -2.04. The van der Waals surface area contributed by atoms with Gasteiger partial charge in [-0.15, -0.1) is 0 Å². The largest absolute Gasteiger partial charge is 0.383 e. The molecule has 1 heterocycles. The van der Waals surface area contributed by atoms with E-state index in [0.717, 1.165) is 0 Å². The number of carbonyl (C=O) groups is 1. The third-order valence-corrected chi connectivity index (χ3v) is 1.80. The van der Waals surface area contributed by atoms with Gasteiger partial charge in [-0.05, 0) is 6.92 Å². The molecule has 16 heavy (non-hydrogen) atoms. The molecule has 0 bridgehead atoms. The zero-order valence-corrected chi connectivity index (χ0v) is 9.13. The number of hydrogen-bond donors (Lipinski definition) is 0. The Labute approximate surface area is 91.5 Å². The van der Waals surface area contributed by atoms with E-state index in [2.05, 4.69) is 5.16 Å². The van der Waals surface area contributed by atoms with Crippen LogP contribution in [0.1, 0.15) is 11.5 Å². The van der Waals surface area contributed by atoms with E-state index >= 15 is 0 Å². The van der Waals surface area contributed by atoms with Gasteiger partial charge >= 0.3 is 5.69 Å². The van der Waals surface area contributed by atoms with Gasteiger partial charge in [0.15, 0.2) is 12.0 Å². The minimum Gasteiger partial charge on any atom is -0.383 e. The predicted molar refractivity (Wildman–Crippen MR) is 55.6 cm³/mol. The highest BCUT2D eigenvalue weighted by Gasteiger charge is 2.26. The maximum Gasteiger partial charge on any atom is 0.339 e. The topological polar surface area (TPSA) is 89.5 Å².